The third-order valence-electron chi connectivity index (χ3n) is 3.07. The third-order valence-corrected chi connectivity index (χ3v) is 4.12. The van der Waals surface area contributed by atoms with E-state index in [9.17, 15) is 9.90 Å². The second-order valence-corrected chi connectivity index (χ2v) is 6.12. The fourth-order valence-electron chi connectivity index (χ4n) is 2.03. The number of hydrogen-bond donors (Lipinski definition) is 2. The summed E-state index contributed by atoms with van der Waals surface area (Å²) in [6.07, 6.45) is 4.73. The average molecular weight is 308 g/mol. The summed E-state index contributed by atoms with van der Waals surface area (Å²) in [6, 6.07) is 3.29. The number of aromatic nitrogens is 1. The number of furan rings is 1. The summed E-state index contributed by atoms with van der Waals surface area (Å²) in [6.45, 7) is 3.94. The van der Waals surface area contributed by atoms with Crippen LogP contribution in [0.4, 0.5) is 0 Å². The Labute approximate surface area is 128 Å². The Bertz CT molecular complexity index is 565. The van der Waals surface area contributed by atoms with Crippen LogP contribution in [0.15, 0.2) is 29.0 Å². The van der Waals surface area contributed by atoms with Crippen molar-refractivity contribution >= 4 is 17.2 Å². The minimum absolute atomic E-state index is 0.144. The molecular weight excluding hydrogens is 288 g/mol. The molecule has 0 fully saturated rings. The molecule has 2 atom stereocenters. The van der Waals surface area contributed by atoms with E-state index in [1.54, 1.807) is 18.3 Å². The van der Waals surface area contributed by atoms with Gasteiger partial charge in [0.1, 0.15) is 16.7 Å². The summed E-state index contributed by atoms with van der Waals surface area (Å²) in [7, 11) is 0. The minimum atomic E-state index is -0.715. The van der Waals surface area contributed by atoms with E-state index in [0.717, 1.165) is 17.8 Å². The van der Waals surface area contributed by atoms with Crippen LogP contribution in [0.3, 0.4) is 0 Å². The largest absolute Gasteiger partial charge is 0.467 e. The van der Waals surface area contributed by atoms with Gasteiger partial charge in [0.15, 0.2) is 0 Å². The summed E-state index contributed by atoms with van der Waals surface area (Å²) < 4.78 is 5.15. The monoisotopic (exact) mass is 308 g/mol. The van der Waals surface area contributed by atoms with Crippen LogP contribution in [0.25, 0.3) is 0 Å². The highest BCUT2D eigenvalue weighted by atomic mass is 32.1. The van der Waals surface area contributed by atoms with Gasteiger partial charge < -0.3 is 14.8 Å². The van der Waals surface area contributed by atoms with Crippen molar-refractivity contribution in [2.24, 2.45) is 0 Å². The molecule has 2 N–H and O–H groups in total. The van der Waals surface area contributed by atoms with Gasteiger partial charge in [-0.2, -0.15) is 0 Å². The van der Waals surface area contributed by atoms with E-state index in [2.05, 4.69) is 17.2 Å². The molecule has 0 saturated heterocycles. The van der Waals surface area contributed by atoms with Crippen LogP contribution in [-0.4, -0.2) is 22.0 Å². The maximum atomic E-state index is 12.1. The minimum Gasteiger partial charge on any atom is -0.467 e. The lowest BCUT2D eigenvalue weighted by molar-refractivity contribution is 0.0907. The first-order valence-electron chi connectivity index (χ1n) is 7.07. The Hall–Kier alpha value is -1.66. The number of carbonyl (C=O) groups is 1. The van der Waals surface area contributed by atoms with Gasteiger partial charge in [-0.3, -0.25) is 4.79 Å². The van der Waals surface area contributed by atoms with Crippen LogP contribution >= 0.6 is 11.3 Å². The molecule has 2 unspecified atom stereocenters. The van der Waals surface area contributed by atoms with Gasteiger partial charge in [0, 0.05) is 12.5 Å². The highest BCUT2D eigenvalue weighted by Gasteiger charge is 2.18. The van der Waals surface area contributed by atoms with Crippen LogP contribution in [-0.2, 0) is 6.42 Å². The summed E-state index contributed by atoms with van der Waals surface area (Å²) in [4.78, 5) is 16.9. The molecule has 2 aromatic rings. The molecule has 0 spiro atoms. The number of aryl methyl sites for hydroxylation is 1. The standard InChI is InChI=1S/C15H20N2O3S/c1-3-5-14-16-9-13(21-14)15(19)17-10(2)8-11(18)12-6-4-7-20-12/h4,6-7,9-11,18H,3,5,8H2,1-2H3,(H,17,19). The van der Waals surface area contributed by atoms with Crippen LogP contribution in [0, 0.1) is 0 Å². The molecule has 114 valence electrons. The van der Waals surface area contributed by atoms with Gasteiger partial charge in [0.05, 0.1) is 17.5 Å². The first-order valence-corrected chi connectivity index (χ1v) is 7.88. The fraction of sp³-hybridized carbons (Fsp3) is 0.467. The number of nitrogens with zero attached hydrogens (tertiary/aromatic N) is 1. The molecular formula is C15H20N2O3S. The molecule has 0 saturated carbocycles. The highest BCUT2D eigenvalue weighted by Crippen LogP contribution is 2.19. The van der Waals surface area contributed by atoms with Gasteiger partial charge in [0.25, 0.3) is 5.91 Å². The van der Waals surface area contributed by atoms with Crippen molar-refractivity contribution in [1.29, 1.82) is 0 Å². The highest BCUT2D eigenvalue weighted by molar-refractivity contribution is 7.13. The van der Waals surface area contributed by atoms with Crippen molar-refractivity contribution in [3.63, 3.8) is 0 Å². The first-order chi connectivity index (χ1) is 10.1. The molecule has 2 aromatic heterocycles. The van der Waals surface area contributed by atoms with Gasteiger partial charge in [-0.1, -0.05) is 6.92 Å². The number of carbonyl (C=O) groups excluding carboxylic acids is 1. The number of amides is 1. The van der Waals surface area contributed by atoms with Crippen LogP contribution in [0.5, 0.6) is 0 Å². The van der Waals surface area contributed by atoms with Gasteiger partial charge in [0.2, 0.25) is 0 Å². The predicted molar refractivity (Wildman–Crippen MR) is 81.3 cm³/mol. The van der Waals surface area contributed by atoms with Crippen molar-refractivity contribution in [3.05, 3.63) is 40.2 Å². The Morgan fingerprint density at radius 2 is 2.38 bits per heavy atom. The zero-order valence-electron chi connectivity index (χ0n) is 12.2. The van der Waals surface area contributed by atoms with Crippen molar-refractivity contribution in [1.82, 2.24) is 10.3 Å². The second-order valence-electron chi connectivity index (χ2n) is 5.01. The summed E-state index contributed by atoms with van der Waals surface area (Å²) >= 11 is 1.42. The maximum absolute atomic E-state index is 12.1. The van der Waals surface area contributed by atoms with Crippen molar-refractivity contribution < 1.29 is 14.3 Å². The molecule has 0 radical (unpaired) electrons. The van der Waals surface area contributed by atoms with Crippen LogP contribution in [0.2, 0.25) is 0 Å². The molecule has 2 heterocycles. The topological polar surface area (TPSA) is 75.4 Å². The Morgan fingerprint density at radius 3 is 3.05 bits per heavy atom. The zero-order valence-corrected chi connectivity index (χ0v) is 13.0. The molecule has 0 aliphatic carbocycles. The lowest BCUT2D eigenvalue weighted by atomic mass is 10.1. The van der Waals surface area contributed by atoms with Crippen molar-refractivity contribution in [2.75, 3.05) is 0 Å². The summed E-state index contributed by atoms with van der Waals surface area (Å²) in [5.41, 5.74) is 0. The Morgan fingerprint density at radius 1 is 1.57 bits per heavy atom. The molecule has 21 heavy (non-hydrogen) atoms. The fourth-order valence-corrected chi connectivity index (χ4v) is 2.95. The SMILES string of the molecule is CCCc1ncc(C(=O)NC(C)CC(O)c2ccco2)s1. The number of aliphatic hydroxyl groups excluding tert-OH is 1. The summed E-state index contributed by atoms with van der Waals surface area (Å²) in [5, 5.41) is 13.8. The van der Waals surface area contributed by atoms with E-state index in [1.165, 1.54) is 17.6 Å². The van der Waals surface area contributed by atoms with Gasteiger partial charge in [-0.15, -0.1) is 11.3 Å². The van der Waals surface area contributed by atoms with Crippen LogP contribution in [0.1, 0.15) is 53.2 Å². The smallest absolute Gasteiger partial charge is 0.263 e. The quantitative estimate of drug-likeness (QED) is 0.824. The number of aliphatic hydroxyl groups is 1. The third kappa shape index (κ3) is 4.41. The molecule has 2 rings (SSSR count). The van der Waals surface area contributed by atoms with Gasteiger partial charge in [-0.25, -0.2) is 4.98 Å². The Kier molecular flexibility index (Phi) is 5.52. The number of thiazole rings is 1. The second kappa shape index (κ2) is 7.38. The predicted octanol–water partition coefficient (Wildman–Crippen LogP) is 2.93. The summed E-state index contributed by atoms with van der Waals surface area (Å²) in [5.74, 6) is 0.369. The van der Waals surface area contributed by atoms with E-state index < -0.39 is 6.10 Å². The lowest BCUT2D eigenvalue weighted by Crippen LogP contribution is -2.33. The molecule has 1 amide bonds. The number of rotatable bonds is 7. The van der Waals surface area contributed by atoms with E-state index in [1.807, 2.05) is 6.92 Å². The molecule has 0 aliphatic heterocycles. The van der Waals surface area contributed by atoms with Gasteiger partial charge >= 0.3 is 0 Å². The van der Waals surface area contributed by atoms with E-state index >= 15 is 0 Å². The van der Waals surface area contributed by atoms with E-state index in [4.69, 9.17) is 4.42 Å². The van der Waals surface area contributed by atoms with Crippen LogP contribution < -0.4 is 5.32 Å². The zero-order chi connectivity index (χ0) is 15.2. The van der Waals surface area contributed by atoms with Crippen molar-refractivity contribution in [3.8, 4) is 0 Å². The lowest BCUT2D eigenvalue weighted by Gasteiger charge is -2.16. The molecule has 0 aliphatic rings. The average Bonchev–Trinajstić information content (AvgIpc) is 3.10. The normalized spacial score (nSPS) is 13.9. The van der Waals surface area contributed by atoms with E-state index in [0.29, 0.717) is 17.1 Å². The number of nitrogens with one attached hydrogen (secondary N) is 1. The maximum Gasteiger partial charge on any atom is 0.263 e. The Balaban J connectivity index is 1.86. The number of hydrogen-bond acceptors (Lipinski definition) is 5. The van der Waals surface area contributed by atoms with E-state index in [-0.39, 0.29) is 11.9 Å². The molecule has 0 bridgehead atoms. The first kappa shape index (κ1) is 15.7. The molecule has 5 nitrogen and oxygen atoms in total. The molecule has 0 aromatic carbocycles. The van der Waals surface area contributed by atoms with Gasteiger partial charge in [-0.05, 0) is 31.9 Å². The van der Waals surface area contributed by atoms with Crippen molar-refractivity contribution in [2.45, 2.75) is 45.3 Å². The molecule has 6 heteroatoms.